The summed E-state index contributed by atoms with van der Waals surface area (Å²) in [4.78, 5) is 12.6. The molecular formula is C18H23N3O4S. The van der Waals surface area contributed by atoms with E-state index in [1.54, 1.807) is 26.0 Å². The van der Waals surface area contributed by atoms with Crippen LogP contribution in [0.25, 0.3) is 0 Å². The van der Waals surface area contributed by atoms with Crippen molar-refractivity contribution in [1.82, 2.24) is 9.88 Å². The molecule has 2 N–H and O–H groups in total. The molecule has 0 atom stereocenters. The van der Waals surface area contributed by atoms with Gasteiger partial charge in [0.25, 0.3) is 5.91 Å². The van der Waals surface area contributed by atoms with Crippen LogP contribution in [0, 0.1) is 13.8 Å². The second-order valence-electron chi connectivity index (χ2n) is 6.71. The minimum absolute atomic E-state index is 0.0366. The number of sulfonamides is 1. The zero-order valence-electron chi connectivity index (χ0n) is 14.9. The Hall–Kier alpha value is -2.19. The van der Waals surface area contributed by atoms with Crippen LogP contribution in [0.15, 0.2) is 33.7 Å². The summed E-state index contributed by atoms with van der Waals surface area (Å²) in [6, 6.07) is 6.13. The quantitative estimate of drug-likeness (QED) is 0.833. The van der Waals surface area contributed by atoms with Crippen LogP contribution in [0.1, 0.15) is 53.8 Å². The molecule has 7 nitrogen and oxygen atoms in total. The molecule has 1 aromatic heterocycles. The van der Waals surface area contributed by atoms with Gasteiger partial charge in [0.15, 0.2) is 5.82 Å². The van der Waals surface area contributed by atoms with Gasteiger partial charge in [-0.2, -0.15) is 0 Å². The molecule has 0 spiro atoms. The van der Waals surface area contributed by atoms with Crippen molar-refractivity contribution < 1.29 is 17.7 Å². The first kappa shape index (κ1) is 18.6. The molecule has 140 valence electrons. The van der Waals surface area contributed by atoms with Crippen LogP contribution >= 0.6 is 0 Å². The number of carbonyl (C=O) groups excluding carboxylic acids is 1. The Morgan fingerprint density at radius 3 is 2.54 bits per heavy atom. The van der Waals surface area contributed by atoms with Crippen molar-refractivity contribution in [1.29, 1.82) is 0 Å². The first-order chi connectivity index (χ1) is 12.3. The number of aromatic nitrogens is 1. The van der Waals surface area contributed by atoms with E-state index >= 15 is 0 Å². The van der Waals surface area contributed by atoms with E-state index in [-0.39, 0.29) is 16.5 Å². The molecule has 1 aliphatic rings. The van der Waals surface area contributed by atoms with E-state index < -0.39 is 15.9 Å². The van der Waals surface area contributed by atoms with E-state index in [0.717, 1.165) is 32.1 Å². The number of carbonyl (C=O) groups is 1. The molecule has 0 saturated heterocycles. The molecule has 1 heterocycles. The summed E-state index contributed by atoms with van der Waals surface area (Å²) in [5.74, 6) is 0.441. The molecule has 1 fully saturated rings. The van der Waals surface area contributed by atoms with E-state index in [1.807, 2.05) is 0 Å². The minimum atomic E-state index is -3.67. The Morgan fingerprint density at radius 1 is 1.15 bits per heavy atom. The van der Waals surface area contributed by atoms with Gasteiger partial charge in [-0.15, -0.1) is 0 Å². The number of benzene rings is 1. The number of hydrogen-bond donors (Lipinski definition) is 2. The van der Waals surface area contributed by atoms with Gasteiger partial charge in [0.05, 0.1) is 4.90 Å². The number of amides is 1. The number of aryl methyl sites for hydroxylation is 2. The number of rotatable bonds is 5. The van der Waals surface area contributed by atoms with Crippen LogP contribution in [0.5, 0.6) is 0 Å². The number of hydrogen-bond acceptors (Lipinski definition) is 5. The van der Waals surface area contributed by atoms with Crippen molar-refractivity contribution in [2.24, 2.45) is 0 Å². The molecule has 1 saturated carbocycles. The van der Waals surface area contributed by atoms with Gasteiger partial charge in [-0.3, -0.25) is 4.79 Å². The third-order valence-electron chi connectivity index (χ3n) is 4.56. The third kappa shape index (κ3) is 4.31. The number of nitrogens with one attached hydrogen (secondary N) is 2. The van der Waals surface area contributed by atoms with Crippen molar-refractivity contribution in [2.45, 2.75) is 56.9 Å². The summed E-state index contributed by atoms with van der Waals surface area (Å²) in [6.45, 7) is 3.48. The monoisotopic (exact) mass is 377 g/mol. The molecule has 1 aromatic carbocycles. The van der Waals surface area contributed by atoms with Crippen LogP contribution in [-0.4, -0.2) is 25.5 Å². The normalized spacial score (nSPS) is 15.8. The minimum Gasteiger partial charge on any atom is -0.360 e. The maximum atomic E-state index is 12.7. The highest BCUT2D eigenvalue weighted by Gasteiger charge is 2.23. The van der Waals surface area contributed by atoms with Crippen LogP contribution < -0.4 is 10.0 Å². The van der Waals surface area contributed by atoms with Crippen molar-refractivity contribution >= 4 is 21.7 Å². The van der Waals surface area contributed by atoms with E-state index in [0.29, 0.717) is 17.1 Å². The van der Waals surface area contributed by atoms with Gasteiger partial charge in [0.2, 0.25) is 10.0 Å². The second-order valence-corrected chi connectivity index (χ2v) is 8.42. The number of nitrogens with zero attached hydrogens (tertiary/aromatic N) is 1. The molecule has 26 heavy (non-hydrogen) atoms. The Balaban J connectivity index is 1.80. The lowest BCUT2D eigenvalue weighted by Crippen LogP contribution is -2.36. The topological polar surface area (TPSA) is 101 Å². The lowest BCUT2D eigenvalue weighted by Gasteiger charge is -2.22. The highest BCUT2D eigenvalue weighted by atomic mass is 32.2. The van der Waals surface area contributed by atoms with Crippen molar-refractivity contribution in [2.75, 3.05) is 5.32 Å². The summed E-state index contributed by atoms with van der Waals surface area (Å²) >= 11 is 0. The Kier molecular flexibility index (Phi) is 5.43. The molecule has 0 unspecified atom stereocenters. The zero-order chi connectivity index (χ0) is 18.7. The lowest BCUT2D eigenvalue weighted by molar-refractivity contribution is 0.102. The van der Waals surface area contributed by atoms with Gasteiger partial charge in [-0.1, -0.05) is 30.5 Å². The largest absolute Gasteiger partial charge is 0.360 e. The highest BCUT2D eigenvalue weighted by Crippen LogP contribution is 2.22. The Bertz CT molecular complexity index is 899. The fraction of sp³-hybridized carbons (Fsp3) is 0.444. The van der Waals surface area contributed by atoms with Gasteiger partial charge < -0.3 is 9.84 Å². The fourth-order valence-corrected chi connectivity index (χ4v) is 4.46. The van der Waals surface area contributed by atoms with E-state index in [1.165, 1.54) is 12.1 Å². The van der Waals surface area contributed by atoms with Crippen LogP contribution in [0.4, 0.5) is 5.82 Å². The predicted molar refractivity (Wildman–Crippen MR) is 97.6 cm³/mol. The van der Waals surface area contributed by atoms with Crippen molar-refractivity contribution in [3.05, 3.63) is 41.2 Å². The van der Waals surface area contributed by atoms with Gasteiger partial charge in [0.1, 0.15) is 5.76 Å². The zero-order valence-corrected chi connectivity index (χ0v) is 15.7. The molecule has 1 amide bonds. The Labute approximate surface area is 153 Å². The van der Waals surface area contributed by atoms with Crippen molar-refractivity contribution in [3.8, 4) is 0 Å². The van der Waals surface area contributed by atoms with E-state index in [2.05, 4.69) is 15.2 Å². The molecule has 8 heteroatoms. The van der Waals surface area contributed by atoms with Gasteiger partial charge in [-0.25, -0.2) is 13.1 Å². The van der Waals surface area contributed by atoms with Crippen molar-refractivity contribution in [3.63, 3.8) is 0 Å². The second kappa shape index (κ2) is 7.59. The van der Waals surface area contributed by atoms with Gasteiger partial charge in [0, 0.05) is 17.7 Å². The Morgan fingerprint density at radius 2 is 1.88 bits per heavy atom. The molecule has 1 aliphatic carbocycles. The van der Waals surface area contributed by atoms with Crippen LogP contribution in [-0.2, 0) is 10.0 Å². The summed E-state index contributed by atoms with van der Waals surface area (Å²) in [5.41, 5.74) is 0.969. The van der Waals surface area contributed by atoms with Crippen LogP contribution in [0.2, 0.25) is 0 Å². The third-order valence-corrected chi connectivity index (χ3v) is 6.08. The molecule has 3 rings (SSSR count). The molecule has 0 bridgehead atoms. The highest BCUT2D eigenvalue weighted by molar-refractivity contribution is 7.89. The molecule has 0 radical (unpaired) electrons. The summed E-state index contributed by atoms with van der Waals surface area (Å²) in [6.07, 6.45) is 4.92. The predicted octanol–water partition coefficient (Wildman–Crippen LogP) is 3.15. The summed E-state index contributed by atoms with van der Waals surface area (Å²) in [7, 11) is -3.67. The molecule has 2 aromatic rings. The van der Waals surface area contributed by atoms with Gasteiger partial charge in [-0.05, 0) is 44.4 Å². The average Bonchev–Trinajstić information content (AvgIpc) is 3.00. The summed E-state index contributed by atoms with van der Waals surface area (Å²) in [5, 5.41) is 6.34. The lowest BCUT2D eigenvalue weighted by atomic mass is 9.96. The number of anilines is 1. The summed E-state index contributed by atoms with van der Waals surface area (Å²) < 4.78 is 33.0. The molecule has 0 aliphatic heterocycles. The SMILES string of the molecule is Cc1cc(NC(=O)c2cc(S(=O)(=O)NC3CCCCC3)ccc2C)no1. The first-order valence-electron chi connectivity index (χ1n) is 8.73. The standard InChI is InChI=1S/C18H23N3O4S/c1-12-8-9-15(26(23,24)21-14-6-4-3-5-7-14)11-16(12)18(22)19-17-10-13(2)25-20-17/h8-11,14,21H,3-7H2,1-2H3,(H,19,20,22). The van der Waals surface area contributed by atoms with Crippen LogP contribution in [0.3, 0.4) is 0 Å². The smallest absolute Gasteiger partial charge is 0.257 e. The fourth-order valence-electron chi connectivity index (χ4n) is 3.13. The van der Waals surface area contributed by atoms with Gasteiger partial charge >= 0.3 is 0 Å². The average molecular weight is 377 g/mol. The molecular weight excluding hydrogens is 354 g/mol. The maximum Gasteiger partial charge on any atom is 0.257 e. The van der Waals surface area contributed by atoms with E-state index in [4.69, 9.17) is 4.52 Å². The first-order valence-corrected chi connectivity index (χ1v) is 10.2. The maximum absolute atomic E-state index is 12.7. The van der Waals surface area contributed by atoms with E-state index in [9.17, 15) is 13.2 Å².